The number of rotatable bonds is 4. The minimum atomic E-state index is -0.432. The van der Waals surface area contributed by atoms with Gasteiger partial charge in [-0.3, -0.25) is 9.89 Å². The van der Waals surface area contributed by atoms with E-state index in [9.17, 15) is 9.59 Å². The van der Waals surface area contributed by atoms with Gasteiger partial charge in [0.2, 0.25) is 5.91 Å². The summed E-state index contributed by atoms with van der Waals surface area (Å²) in [5, 5.41) is 7.48. The van der Waals surface area contributed by atoms with Gasteiger partial charge in [-0.25, -0.2) is 9.78 Å². The van der Waals surface area contributed by atoms with E-state index in [0.717, 1.165) is 28.4 Å². The summed E-state index contributed by atoms with van der Waals surface area (Å²) in [6.07, 6.45) is 3.73. The number of hydrogen-bond acceptors (Lipinski definition) is 6. The first-order valence-corrected chi connectivity index (χ1v) is 8.25. The molecule has 1 aliphatic rings. The largest absolute Gasteiger partial charge is 0.464 e. The molecular formula is C15H18N4O3S. The second-order valence-electron chi connectivity index (χ2n) is 5.45. The third-order valence-corrected chi connectivity index (χ3v) is 5.02. The first kappa shape index (κ1) is 15.7. The molecule has 23 heavy (non-hydrogen) atoms. The molecule has 0 aromatic carbocycles. The Kier molecular flexibility index (Phi) is 4.42. The van der Waals surface area contributed by atoms with Gasteiger partial charge in [0.15, 0.2) is 5.69 Å². The van der Waals surface area contributed by atoms with Gasteiger partial charge < -0.3 is 9.64 Å². The fourth-order valence-corrected chi connectivity index (χ4v) is 3.87. The first-order chi connectivity index (χ1) is 11.1. The smallest absolute Gasteiger partial charge is 0.357 e. The monoisotopic (exact) mass is 334 g/mol. The number of aromatic nitrogens is 3. The lowest BCUT2D eigenvalue weighted by atomic mass is 10.2. The number of thiazole rings is 1. The first-order valence-electron chi connectivity index (χ1n) is 7.43. The molecule has 2 aromatic rings. The predicted octanol–water partition coefficient (Wildman–Crippen LogP) is 1.87. The van der Waals surface area contributed by atoms with Crippen molar-refractivity contribution in [1.82, 2.24) is 20.1 Å². The highest BCUT2D eigenvalue weighted by atomic mass is 32.1. The quantitative estimate of drug-likeness (QED) is 0.862. The Morgan fingerprint density at radius 1 is 1.52 bits per heavy atom. The third-order valence-electron chi connectivity index (χ3n) is 3.95. The van der Waals surface area contributed by atoms with E-state index in [1.165, 1.54) is 18.4 Å². The lowest BCUT2D eigenvalue weighted by molar-refractivity contribution is -0.131. The number of hydrogen-bond donors (Lipinski definition) is 1. The molecule has 8 heteroatoms. The number of carbonyl (C=O) groups excluding carboxylic acids is 2. The summed E-state index contributed by atoms with van der Waals surface area (Å²) in [5.41, 5.74) is 1.14. The van der Waals surface area contributed by atoms with Crippen molar-refractivity contribution in [3.63, 3.8) is 0 Å². The van der Waals surface area contributed by atoms with E-state index < -0.39 is 5.97 Å². The van der Waals surface area contributed by atoms with Gasteiger partial charge in [0, 0.05) is 23.3 Å². The fraction of sp³-hybridized carbons (Fsp3) is 0.467. The number of nitrogens with zero attached hydrogens (tertiary/aromatic N) is 3. The van der Waals surface area contributed by atoms with E-state index in [1.54, 1.807) is 12.3 Å². The van der Waals surface area contributed by atoms with Gasteiger partial charge in [-0.15, -0.1) is 11.3 Å². The van der Waals surface area contributed by atoms with E-state index in [1.807, 2.05) is 11.8 Å². The van der Waals surface area contributed by atoms with Crippen molar-refractivity contribution >= 4 is 23.2 Å². The van der Waals surface area contributed by atoms with Crippen molar-refractivity contribution in [3.05, 3.63) is 33.5 Å². The Morgan fingerprint density at radius 2 is 2.35 bits per heavy atom. The number of nitrogens with one attached hydrogen (secondary N) is 1. The number of aryl methyl sites for hydroxylation is 1. The number of likely N-dealkylation sites (tertiary alicyclic amines) is 1. The SMILES string of the molecule is COC(=O)c1nc([C@H]2CCCN2C(=O)Cc2ccn[nH]2)sc1C. The molecule has 0 unspecified atom stereocenters. The highest BCUT2D eigenvalue weighted by Crippen LogP contribution is 2.35. The van der Waals surface area contributed by atoms with Crippen LogP contribution in [-0.2, 0) is 16.0 Å². The molecule has 0 spiro atoms. The Bertz CT molecular complexity index is 710. The standard InChI is InChI=1S/C15H18N4O3S/c1-9-13(15(21)22-2)17-14(23-9)11-4-3-7-19(11)12(20)8-10-5-6-16-18-10/h5-6,11H,3-4,7-8H2,1-2H3,(H,16,18)/t11-/m1/s1. The summed E-state index contributed by atoms with van der Waals surface area (Å²) < 4.78 is 4.75. The van der Waals surface area contributed by atoms with Crippen LogP contribution >= 0.6 is 11.3 Å². The molecule has 0 aliphatic carbocycles. The summed E-state index contributed by atoms with van der Waals surface area (Å²) in [6, 6.07) is 1.74. The molecule has 0 radical (unpaired) electrons. The molecule has 0 saturated carbocycles. The fourth-order valence-electron chi connectivity index (χ4n) is 2.82. The number of aromatic amines is 1. The molecule has 122 valence electrons. The topological polar surface area (TPSA) is 88.2 Å². The van der Waals surface area contributed by atoms with Crippen molar-refractivity contribution in [2.45, 2.75) is 32.2 Å². The zero-order valence-corrected chi connectivity index (χ0v) is 13.9. The molecule has 1 atom stereocenters. The van der Waals surface area contributed by atoms with Gasteiger partial charge in [0.05, 0.1) is 19.6 Å². The highest BCUT2D eigenvalue weighted by Gasteiger charge is 2.33. The van der Waals surface area contributed by atoms with Crippen LogP contribution in [0, 0.1) is 6.92 Å². The Labute approximate surface area is 137 Å². The van der Waals surface area contributed by atoms with Crippen LogP contribution in [0.4, 0.5) is 0 Å². The lowest BCUT2D eigenvalue weighted by Crippen LogP contribution is -2.32. The van der Waals surface area contributed by atoms with E-state index in [4.69, 9.17) is 4.74 Å². The third kappa shape index (κ3) is 3.12. The number of ether oxygens (including phenoxy) is 1. The number of methoxy groups -OCH3 is 1. The summed E-state index contributed by atoms with van der Waals surface area (Å²) in [6.45, 7) is 2.56. The molecule has 1 saturated heterocycles. The zero-order valence-electron chi connectivity index (χ0n) is 13.0. The van der Waals surface area contributed by atoms with Gasteiger partial charge in [-0.1, -0.05) is 0 Å². The number of H-pyrrole nitrogens is 1. The average molecular weight is 334 g/mol. The van der Waals surface area contributed by atoms with Crippen molar-refractivity contribution in [2.75, 3.05) is 13.7 Å². The minimum absolute atomic E-state index is 0.0456. The normalized spacial score (nSPS) is 17.5. The predicted molar refractivity (Wildman–Crippen MR) is 84.2 cm³/mol. The summed E-state index contributed by atoms with van der Waals surface area (Å²) in [5.74, 6) is -0.387. The maximum Gasteiger partial charge on any atom is 0.357 e. The Hall–Kier alpha value is -2.22. The van der Waals surface area contributed by atoms with E-state index in [0.29, 0.717) is 18.7 Å². The molecule has 1 N–H and O–H groups in total. The molecule has 3 heterocycles. The number of esters is 1. The molecule has 3 rings (SSSR count). The molecule has 7 nitrogen and oxygen atoms in total. The minimum Gasteiger partial charge on any atom is -0.464 e. The molecule has 1 fully saturated rings. The maximum absolute atomic E-state index is 12.5. The van der Waals surface area contributed by atoms with Crippen LogP contribution in [0.3, 0.4) is 0 Å². The number of amides is 1. The molecular weight excluding hydrogens is 316 g/mol. The second-order valence-corrected chi connectivity index (χ2v) is 6.69. The van der Waals surface area contributed by atoms with E-state index in [-0.39, 0.29) is 11.9 Å². The summed E-state index contributed by atoms with van der Waals surface area (Å²) >= 11 is 1.46. The van der Waals surface area contributed by atoms with Crippen LogP contribution in [-0.4, -0.2) is 45.6 Å². The zero-order chi connectivity index (χ0) is 16.4. The molecule has 0 bridgehead atoms. The van der Waals surface area contributed by atoms with E-state index >= 15 is 0 Å². The van der Waals surface area contributed by atoms with Crippen molar-refractivity contribution in [2.24, 2.45) is 0 Å². The van der Waals surface area contributed by atoms with Crippen LogP contribution in [0.15, 0.2) is 12.3 Å². The lowest BCUT2D eigenvalue weighted by Gasteiger charge is -2.22. The van der Waals surface area contributed by atoms with E-state index in [2.05, 4.69) is 15.2 Å². The van der Waals surface area contributed by atoms with Crippen LogP contribution in [0.25, 0.3) is 0 Å². The molecule has 1 amide bonds. The number of carbonyl (C=O) groups is 2. The maximum atomic E-state index is 12.5. The van der Waals surface area contributed by atoms with Crippen molar-refractivity contribution < 1.29 is 14.3 Å². The Balaban J connectivity index is 1.79. The molecule has 1 aliphatic heterocycles. The second kappa shape index (κ2) is 6.49. The molecule has 2 aromatic heterocycles. The Morgan fingerprint density at radius 3 is 3.04 bits per heavy atom. The van der Waals surface area contributed by atoms with Crippen molar-refractivity contribution in [1.29, 1.82) is 0 Å². The van der Waals surface area contributed by atoms with Crippen LogP contribution < -0.4 is 0 Å². The van der Waals surface area contributed by atoms with Gasteiger partial charge >= 0.3 is 5.97 Å². The summed E-state index contributed by atoms with van der Waals surface area (Å²) in [7, 11) is 1.34. The van der Waals surface area contributed by atoms with Gasteiger partial charge in [0.1, 0.15) is 5.01 Å². The van der Waals surface area contributed by atoms with Gasteiger partial charge in [0.25, 0.3) is 0 Å². The van der Waals surface area contributed by atoms with Crippen LogP contribution in [0.5, 0.6) is 0 Å². The average Bonchev–Trinajstić information content (AvgIpc) is 3.25. The highest BCUT2D eigenvalue weighted by molar-refractivity contribution is 7.12. The van der Waals surface area contributed by atoms with Crippen LogP contribution in [0.2, 0.25) is 0 Å². The summed E-state index contributed by atoms with van der Waals surface area (Å²) in [4.78, 5) is 31.4. The van der Waals surface area contributed by atoms with Gasteiger partial charge in [-0.2, -0.15) is 5.10 Å². The van der Waals surface area contributed by atoms with Crippen LogP contribution in [0.1, 0.15) is 45.0 Å². The van der Waals surface area contributed by atoms with Gasteiger partial charge in [-0.05, 0) is 25.8 Å². The van der Waals surface area contributed by atoms with Crippen molar-refractivity contribution in [3.8, 4) is 0 Å².